The van der Waals surface area contributed by atoms with Crippen molar-refractivity contribution in [2.24, 2.45) is 5.92 Å². The van der Waals surface area contributed by atoms with E-state index in [2.05, 4.69) is 6.92 Å². The fourth-order valence-electron chi connectivity index (χ4n) is 4.31. The van der Waals surface area contributed by atoms with Crippen molar-refractivity contribution in [3.8, 4) is 0 Å². The van der Waals surface area contributed by atoms with Crippen LogP contribution in [0.4, 0.5) is 0 Å². The minimum Gasteiger partial charge on any atom is -1.00 e. The summed E-state index contributed by atoms with van der Waals surface area (Å²) in [4.78, 5) is 14.4. The van der Waals surface area contributed by atoms with Gasteiger partial charge in [-0.15, -0.1) is 22.7 Å². The van der Waals surface area contributed by atoms with E-state index in [-0.39, 0.29) is 23.1 Å². The molecule has 0 aromatic carbocycles. The zero-order valence-electron chi connectivity index (χ0n) is 14.8. The zero-order valence-corrected chi connectivity index (χ0v) is 18.0. The number of esters is 1. The van der Waals surface area contributed by atoms with Gasteiger partial charge in [-0.25, -0.2) is 4.79 Å². The Bertz CT molecular complexity index is 690. The van der Waals surface area contributed by atoms with Gasteiger partial charge in [0.1, 0.15) is 6.54 Å². The van der Waals surface area contributed by atoms with Crippen LogP contribution in [0.15, 0.2) is 35.0 Å². The minimum atomic E-state index is -1.69. The van der Waals surface area contributed by atoms with Crippen LogP contribution >= 0.6 is 22.7 Å². The van der Waals surface area contributed by atoms with Crippen LogP contribution in [0.3, 0.4) is 0 Å². The number of likely N-dealkylation sites (N-methyl/N-ethyl adjacent to an activating group) is 1. The Morgan fingerprint density at radius 2 is 1.81 bits per heavy atom. The average molecular weight is 458 g/mol. The first-order valence-corrected chi connectivity index (χ1v) is 10.7. The maximum Gasteiger partial charge on any atom is 0.349 e. The van der Waals surface area contributed by atoms with Crippen LogP contribution in [0.1, 0.15) is 29.5 Å². The summed E-state index contributed by atoms with van der Waals surface area (Å²) in [6.07, 6.45) is 2.14. The summed E-state index contributed by atoms with van der Waals surface area (Å²) < 4.78 is 7.02. The van der Waals surface area contributed by atoms with Crippen LogP contribution in [0.25, 0.3) is 0 Å². The molecule has 3 aliphatic heterocycles. The van der Waals surface area contributed by atoms with Crippen molar-refractivity contribution in [1.82, 2.24) is 0 Å². The lowest BCUT2D eigenvalue weighted by Crippen LogP contribution is -3.00. The van der Waals surface area contributed by atoms with Crippen molar-refractivity contribution in [2.45, 2.75) is 31.5 Å². The lowest BCUT2D eigenvalue weighted by molar-refractivity contribution is -0.944. The molecule has 2 aromatic rings. The number of carbonyl (C=O) groups is 1. The summed E-state index contributed by atoms with van der Waals surface area (Å²) in [5.74, 6) is -0.0863. The largest absolute Gasteiger partial charge is 1.00 e. The first-order valence-electron chi connectivity index (χ1n) is 8.94. The van der Waals surface area contributed by atoms with Crippen LogP contribution in [0.5, 0.6) is 0 Å². The van der Waals surface area contributed by atoms with Crippen molar-refractivity contribution < 1.29 is 36.1 Å². The Hall–Kier alpha value is -0.730. The fraction of sp³-hybridized carbons (Fsp3) is 0.526. The number of ether oxygens (including phenoxy) is 1. The van der Waals surface area contributed by atoms with E-state index in [0.717, 1.165) is 30.4 Å². The predicted octanol–water partition coefficient (Wildman–Crippen LogP) is 0.222. The summed E-state index contributed by atoms with van der Waals surface area (Å²) >= 11 is 2.78. The SMILES string of the molecule is CC[N+]12CCC(CC1)[C@@H](OC(=O)C(O)(c1cccs1)c1cccs1)C2.[Br-]. The number of thiophene rings is 2. The highest BCUT2D eigenvalue weighted by molar-refractivity contribution is 7.12. The van der Waals surface area contributed by atoms with Gasteiger partial charge in [-0.1, -0.05) is 12.1 Å². The highest BCUT2D eigenvalue weighted by Gasteiger charge is 2.50. The van der Waals surface area contributed by atoms with E-state index in [1.165, 1.54) is 35.8 Å². The Kier molecular flexibility index (Phi) is 5.94. The highest BCUT2D eigenvalue weighted by Crippen LogP contribution is 2.40. The molecule has 7 heteroatoms. The Balaban J connectivity index is 0.00000196. The molecule has 1 N–H and O–H groups in total. The van der Waals surface area contributed by atoms with E-state index in [1.807, 2.05) is 35.0 Å². The molecule has 2 aromatic heterocycles. The van der Waals surface area contributed by atoms with E-state index >= 15 is 0 Å². The molecular formula is C19H24BrNO3S2. The number of quaternary nitrogens is 1. The standard InChI is InChI=1S/C19H24NO3S2.BrH/c1-2-20-9-7-14(8-10-20)15(13-20)23-18(21)19(22,16-5-3-11-24-16)17-6-4-12-25-17;/h3-6,11-12,14-15,22H,2,7-10,13H2,1H3;1H/q+1;/p-1/t14?,15-,20?;/m0./s1. The molecule has 2 bridgehead atoms. The van der Waals surface area contributed by atoms with Crippen LogP contribution in [0, 0.1) is 5.92 Å². The molecule has 0 saturated carbocycles. The molecule has 3 fully saturated rings. The second-order valence-corrected chi connectivity index (χ2v) is 9.13. The van der Waals surface area contributed by atoms with Gasteiger partial charge in [0.15, 0.2) is 6.10 Å². The minimum absolute atomic E-state index is 0. The van der Waals surface area contributed by atoms with Crippen LogP contribution in [0.2, 0.25) is 0 Å². The summed E-state index contributed by atoms with van der Waals surface area (Å²) in [6, 6.07) is 7.33. The molecule has 4 nitrogen and oxygen atoms in total. The number of carbonyl (C=O) groups excluding carboxylic acids is 1. The van der Waals surface area contributed by atoms with E-state index in [9.17, 15) is 9.90 Å². The number of piperidine rings is 3. The summed E-state index contributed by atoms with van der Waals surface area (Å²) in [6.45, 7) is 6.57. The van der Waals surface area contributed by atoms with Gasteiger partial charge in [0, 0.05) is 18.8 Å². The number of fused-ring (bicyclic) bond motifs is 3. The number of hydrogen-bond donors (Lipinski definition) is 1. The molecule has 26 heavy (non-hydrogen) atoms. The molecule has 1 atom stereocenters. The fourth-order valence-corrected chi connectivity index (χ4v) is 6.03. The second kappa shape index (κ2) is 7.72. The second-order valence-electron chi connectivity index (χ2n) is 7.23. The number of halogens is 1. The van der Waals surface area contributed by atoms with Crippen molar-refractivity contribution in [3.05, 3.63) is 44.8 Å². The third kappa shape index (κ3) is 3.29. The van der Waals surface area contributed by atoms with E-state index < -0.39 is 11.6 Å². The number of hydrogen-bond acceptors (Lipinski definition) is 5. The Labute approximate surface area is 172 Å². The van der Waals surface area contributed by atoms with Gasteiger partial charge in [-0.2, -0.15) is 0 Å². The molecule has 5 rings (SSSR count). The average Bonchev–Trinajstić information content (AvgIpc) is 3.36. The molecule has 5 heterocycles. The number of rotatable bonds is 5. The summed E-state index contributed by atoms with van der Waals surface area (Å²) in [5, 5.41) is 15.1. The Morgan fingerprint density at radius 3 is 2.27 bits per heavy atom. The number of aliphatic hydroxyl groups is 1. The van der Waals surface area contributed by atoms with Gasteiger partial charge < -0.3 is 31.3 Å². The van der Waals surface area contributed by atoms with Gasteiger partial charge in [-0.3, -0.25) is 0 Å². The van der Waals surface area contributed by atoms with E-state index in [1.54, 1.807) is 0 Å². The molecule has 0 radical (unpaired) electrons. The molecule has 3 aliphatic rings. The maximum absolute atomic E-state index is 13.1. The molecule has 0 aliphatic carbocycles. The zero-order chi connectivity index (χ0) is 17.5. The number of nitrogens with zero attached hydrogens (tertiary/aromatic N) is 1. The van der Waals surface area contributed by atoms with E-state index in [0.29, 0.717) is 15.7 Å². The van der Waals surface area contributed by atoms with Crippen LogP contribution in [-0.2, 0) is 15.1 Å². The lowest BCUT2D eigenvalue weighted by atomic mass is 9.83. The Morgan fingerprint density at radius 1 is 1.23 bits per heavy atom. The van der Waals surface area contributed by atoms with Crippen molar-refractivity contribution >= 4 is 28.6 Å². The quantitative estimate of drug-likeness (QED) is 0.516. The maximum atomic E-state index is 13.1. The van der Waals surface area contributed by atoms with Crippen molar-refractivity contribution in [2.75, 3.05) is 26.2 Å². The third-order valence-corrected chi connectivity index (χ3v) is 7.98. The topological polar surface area (TPSA) is 46.5 Å². The van der Waals surface area contributed by atoms with Gasteiger partial charge in [0.25, 0.3) is 0 Å². The van der Waals surface area contributed by atoms with Gasteiger partial charge in [-0.05, 0) is 29.8 Å². The summed E-state index contributed by atoms with van der Waals surface area (Å²) in [5.41, 5.74) is -1.69. The van der Waals surface area contributed by atoms with Crippen molar-refractivity contribution in [3.63, 3.8) is 0 Å². The van der Waals surface area contributed by atoms with E-state index in [4.69, 9.17) is 4.74 Å². The van der Waals surface area contributed by atoms with Gasteiger partial charge >= 0.3 is 5.97 Å². The lowest BCUT2D eigenvalue weighted by Gasteiger charge is -2.51. The molecule has 3 saturated heterocycles. The van der Waals surface area contributed by atoms with Gasteiger partial charge in [0.2, 0.25) is 5.60 Å². The predicted molar refractivity (Wildman–Crippen MR) is 99.6 cm³/mol. The molecule has 0 amide bonds. The van der Waals surface area contributed by atoms with Crippen LogP contribution in [-0.4, -0.2) is 47.8 Å². The molecular weight excluding hydrogens is 434 g/mol. The van der Waals surface area contributed by atoms with Crippen LogP contribution < -0.4 is 17.0 Å². The first kappa shape index (κ1) is 20.0. The van der Waals surface area contributed by atoms with Gasteiger partial charge in [0.05, 0.1) is 29.4 Å². The first-order chi connectivity index (χ1) is 12.1. The third-order valence-electron chi connectivity index (χ3n) is 6.02. The smallest absolute Gasteiger partial charge is 0.349 e. The van der Waals surface area contributed by atoms with Crippen molar-refractivity contribution in [1.29, 1.82) is 0 Å². The molecule has 0 spiro atoms. The summed E-state index contributed by atoms with van der Waals surface area (Å²) in [7, 11) is 0. The monoisotopic (exact) mass is 457 g/mol. The molecule has 0 unspecified atom stereocenters. The molecule has 142 valence electrons. The normalized spacial score (nSPS) is 27.8. The highest BCUT2D eigenvalue weighted by atomic mass is 79.9.